The average molecular weight is 447 g/mol. The third-order valence-corrected chi connectivity index (χ3v) is 8.07. The Bertz CT molecular complexity index is 1060. The first-order valence-corrected chi connectivity index (χ1v) is 12.1. The summed E-state index contributed by atoms with van der Waals surface area (Å²) in [5.41, 5.74) is 2.28. The van der Waals surface area contributed by atoms with Gasteiger partial charge in [-0.3, -0.25) is 4.79 Å². The number of nitrogens with zero attached hydrogens (tertiary/aromatic N) is 1. The number of fused-ring (bicyclic) bond motifs is 1. The summed E-state index contributed by atoms with van der Waals surface area (Å²) in [6, 6.07) is 10.7. The fraction of sp³-hybridized carbons (Fsp3) is 0.435. The lowest BCUT2D eigenvalue weighted by molar-refractivity contribution is -0.127. The molecule has 1 aliphatic carbocycles. The zero-order chi connectivity index (χ0) is 22.0. The van der Waals surface area contributed by atoms with Gasteiger partial charge in [-0.15, -0.1) is 0 Å². The van der Waals surface area contributed by atoms with Crippen molar-refractivity contribution in [3.05, 3.63) is 59.4 Å². The zero-order valence-electron chi connectivity index (χ0n) is 17.5. The lowest BCUT2D eigenvalue weighted by Gasteiger charge is -2.33. The Morgan fingerprint density at radius 3 is 2.65 bits per heavy atom. The van der Waals surface area contributed by atoms with Crippen LogP contribution in [0.2, 0.25) is 0 Å². The molecule has 1 aliphatic heterocycles. The van der Waals surface area contributed by atoms with Gasteiger partial charge in [0.2, 0.25) is 15.9 Å². The van der Waals surface area contributed by atoms with Crippen LogP contribution in [0, 0.1) is 11.7 Å². The van der Waals surface area contributed by atoms with Crippen LogP contribution in [0.5, 0.6) is 5.75 Å². The van der Waals surface area contributed by atoms with Crippen LogP contribution in [0.15, 0.2) is 47.4 Å². The van der Waals surface area contributed by atoms with E-state index in [0.717, 1.165) is 42.7 Å². The summed E-state index contributed by atoms with van der Waals surface area (Å²) in [5, 5.41) is 3.15. The standard InChI is InChI=1S/C23H27FN2O4S/c1-30-19-9-12-21-16(14-19)4-2-6-22(21)25-23(27)17-5-3-13-26(15-17)31(28,29)20-10-7-18(24)8-11-20/h7-12,14,17,22H,2-6,13,15H2,1H3,(H,25,27)/t17-,22-/m1/s1. The first-order chi connectivity index (χ1) is 14.9. The first kappa shape index (κ1) is 21.8. The van der Waals surface area contributed by atoms with Gasteiger partial charge in [0, 0.05) is 13.1 Å². The van der Waals surface area contributed by atoms with Crippen LogP contribution in [-0.2, 0) is 21.2 Å². The van der Waals surface area contributed by atoms with Gasteiger partial charge in [0.1, 0.15) is 11.6 Å². The van der Waals surface area contributed by atoms with Crippen molar-refractivity contribution in [1.29, 1.82) is 0 Å². The Morgan fingerprint density at radius 2 is 1.90 bits per heavy atom. The summed E-state index contributed by atoms with van der Waals surface area (Å²) in [4.78, 5) is 13.1. The number of hydrogen-bond donors (Lipinski definition) is 1. The Kier molecular flexibility index (Phi) is 6.29. The van der Waals surface area contributed by atoms with Crippen molar-refractivity contribution in [3.8, 4) is 5.75 Å². The number of aryl methyl sites for hydroxylation is 1. The number of rotatable bonds is 5. The number of nitrogens with one attached hydrogen (secondary N) is 1. The molecule has 1 N–H and O–H groups in total. The Morgan fingerprint density at radius 1 is 1.13 bits per heavy atom. The van der Waals surface area contributed by atoms with E-state index in [9.17, 15) is 17.6 Å². The molecule has 1 fully saturated rings. The number of hydrogen-bond acceptors (Lipinski definition) is 4. The summed E-state index contributed by atoms with van der Waals surface area (Å²) in [6.45, 7) is 0.489. The maximum atomic E-state index is 13.2. The Labute approximate surface area is 182 Å². The van der Waals surface area contributed by atoms with E-state index < -0.39 is 21.8 Å². The Balaban J connectivity index is 1.46. The number of ether oxygens (including phenoxy) is 1. The summed E-state index contributed by atoms with van der Waals surface area (Å²) in [7, 11) is -2.12. The molecule has 0 bridgehead atoms. The summed E-state index contributed by atoms with van der Waals surface area (Å²) < 4.78 is 45.7. The molecule has 6 nitrogen and oxygen atoms in total. The zero-order valence-corrected chi connectivity index (χ0v) is 18.3. The second kappa shape index (κ2) is 8.96. The van der Waals surface area contributed by atoms with Crippen molar-refractivity contribution >= 4 is 15.9 Å². The fourth-order valence-corrected chi connectivity index (χ4v) is 6.01. The van der Waals surface area contributed by atoms with Crippen LogP contribution in [-0.4, -0.2) is 38.8 Å². The van der Waals surface area contributed by atoms with Gasteiger partial charge in [-0.25, -0.2) is 12.8 Å². The second-order valence-electron chi connectivity index (χ2n) is 8.17. The van der Waals surface area contributed by atoms with Crippen LogP contribution < -0.4 is 10.1 Å². The number of amides is 1. The minimum atomic E-state index is -3.76. The molecular weight excluding hydrogens is 419 g/mol. The highest BCUT2D eigenvalue weighted by atomic mass is 32.2. The van der Waals surface area contributed by atoms with Crippen molar-refractivity contribution in [2.45, 2.75) is 43.0 Å². The molecule has 0 saturated carbocycles. The predicted molar refractivity (Wildman–Crippen MR) is 115 cm³/mol. The monoisotopic (exact) mass is 446 g/mol. The quantitative estimate of drug-likeness (QED) is 0.764. The molecule has 1 saturated heterocycles. The molecule has 1 heterocycles. The van der Waals surface area contributed by atoms with Crippen LogP contribution >= 0.6 is 0 Å². The topological polar surface area (TPSA) is 75.7 Å². The molecule has 2 aliphatic rings. The molecule has 31 heavy (non-hydrogen) atoms. The SMILES string of the molecule is COc1ccc2c(c1)CCC[C@H]2NC(=O)[C@@H]1CCCN(S(=O)(=O)c2ccc(F)cc2)C1. The van der Waals surface area contributed by atoms with Crippen molar-refractivity contribution in [1.82, 2.24) is 9.62 Å². The van der Waals surface area contributed by atoms with Crippen molar-refractivity contribution in [2.24, 2.45) is 5.92 Å². The highest BCUT2D eigenvalue weighted by Crippen LogP contribution is 2.33. The number of carbonyl (C=O) groups excluding carboxylic acids is 1. The molecule has 2 aromatic rings. The van der Waals surface area contributed by atoms with Gasteiger partial charge in [-0.2, -0.15) is 4.31 Å². The lowest BCUT2D eigenvalue weighted by Crippen LogP contribution is -2.46. The number of methoxy groups -OCH3 is 1. The van der Waals surface area contributed by atoms with Crippen LogP contribution in [0.4, 0.5) is 4.39 Å². The smallest absolute Gasteiger partial charge is 0.243 e. The second-order valence-corrected chi connectivity index (χ2v) is 10.1. The number of piperidine rings is 1. The van der Waals surface area contributed by atoms with Crippen molar-refractivity contribution in [3.63, 3.8) is 0 Å². The van der Waals surface area contributed by atoms with Crippen molar-refractivity contribution < 1.29 is 22.3 Å². The van der Waals surface area contributed by atoms with E-state index in [-0.39, 0.29) is 23.4 Å². The van der Waals surface area contributed by atoms with E-state index in [1.807, 2.05) is 18.2 Å². The summed E-state index contributed by atoms with van der Waals surface area (Å²) in [6.07, 6.45) is 4.03. The Hall–Kier alpha value is -2.45. The summed E-state index contributed by atoms with van der Waals surface area (Å²) in [5.74, 6) is -0.208. The van der Waals surface area contributed by atoms with Crippen molar-refractivity contribution in [2.75, 3.05) is 20.2 Å². The highest BCUT2D eigenvalue weighted by Gasteiger charge is 2.34. The molecule has 0 unspecified atom stereocenters. The normalized spacial score (nSPS) is 21.9. The van der Waals surface area contributed by atoms with Gasteiger partial charge in [0.25, 0.3) is 0 Å². The third kappa shape index (κ3) is 4.60. The van der Waals surface area contributed by atoms with Gasteiger partial charge in [-0.05, 0) is 79.6 Å². The predicted octanol–water partition coefficient (Wildman–Crippen LogP) is 3.43. The third-order valence-electron chi connectivity index (χ3n) is 6.19. The average Bonchev–Trinajstić information content (AvgIpc) is 2.79. The van der Waals surface area contributed by atoms with Gasteiger partial charge >= 0.3 is 0 Å². The minimum absolute atomic E-state index is 0.0464. The molecule has 8 heteroatoms. The maximum absolute atomic E-state index is 13.2. The van der Waals surface area contributed by atoms with Gasteiger partial charge < -0.3 is 10.1 Å². The number of sulfonamides is 1. The lowest BCUT2D eigenvalue weighted by atomic mass is 9.87. The van der Waals surface area contributed by atoms with E-state index >= 15 is 0 Å². The van der Waals surface area contributed by atoms with Gasteiger partial charge in [0.05, 0.1) is 24.0 Å². The van der Waals surface area contributed by atoms with Crippen LogP contribution in [0.1, 0.15) is 42.9 Å². The van der Waals surface area contributed by atoms with E-state index in [4.69, 9.17) is 4.74 Å². The molecule has 2 atom stereocenters. The molecule has 0 spiro atoms. The summed E-state index contributed by atoms with van der Waals surface area (Å²) >= 11 is 0. The van der Waals surface area contributed by atoms with Crippen LogP contribution in [0.3, 0.4) is 0 Å². The molecule has 4 rings (SSSR count). The molecular formula is C23H27FN2O4S. The van der Waals surface area contributed by atoms with Gasteiger partial charge in [0.15, 0.2) is 0 Å². The first-order valence-electron chi connectivity index (χ1n) is 10.6. The number of halogens is 1. The van der Waals surface area contributed by atoms with E-state index in [1.54, 1.807) is 7.11 Å². The fourth-order valence-electron chi connectivity index (χ4n) is 4.49. The van der Waals surface area contributed by atoms with Gasteiger partial charge in [-0.1, -0.05) is 6.07 Å². The maximum Gasteiger partial charge on any atom is 0.243 e. The van der Waals surface area contributed by atoms with Crippen LogP contribution in [0.25, 0.3) is 0 Å². The largest absolute Gasteiger partial charge is 0.497 e. The van der Waals surface area contributed by atoms with E-state index in [1.165, 1.54) is 22.0 Å². The van der Waals surface area contributed by atoms with E-state index in [0.29, 0.717) is 19.4 Å². The molecule has 1 amide bonds. The molecule has 2 aromatic carbocycles. The molecule has 0 aromatic heterocycles. The highest BCUT2D eigenvalue weighted by molar-refractivity contribution is 7.89. The molecule has 166 valence electrons. The van der Waals surface area contributed by atoms with E-state index in [2.05, 4.69) is 5.32 Å². The number of carbonyl (C=O) groups is 1. The number of benzene rings is 2. The minimum Gasteiger partial charge on any atom is -0.497 e. The molecule has 0 radical (unpaired) electrons.